The zero-order valence-corrected chi connectivity index (χ0v) is 23.2. The van der Waals surface area contributed by atoms with Crippen molar-refractivity contribution in [3.05, 3.63) is 77.1 Å². The van der Waals surface area contributed by atoms with Crippen molar-refractivity contribution < 1.29 is 23.1 Å². The molecule has 2 aromatic carbocycles. The van der Waals surface area contributed by atoms with Crippen LogP contribution in [0.5, 0.6) is 5.75 Å². The van der Waals surface area contributed by atoms with Crippen LogP contribution >= 0.6 is 23.1 Å². The zero-order chi connectivity index (χ0) is 27.0. The van der Waals surface area contributed by atoms with Gasteiger partial charge in [-0.1, -0.05) is 47.4 Å². The Morgan fingerprint density at radius 2 is 1.95 bits per heavy atom. The molecular formula is C26H24N4O5S3. The Labute approximate surface area is 228 Å². The molecule has 4 aromatic rings. The Balaban J connectivity index is 1.39. The van der Waals surface area contributed by atoms with E-state index < -0.39 is 21.8 Å². The van der Waals surface area contributed by atoms with Crippen LogP contribution in [0.2, 0.25) is 0 Å². The van der Waals surface area contributed by atoms with Gasteiger partial charge >= 0.3 is 0 Å². The monoisotopic (exact) mass is 568 g/mol. The summed E-state index contributed by atoms with van der Waals surface area (Å²) >= 11 is 2.64. The lowest BCUT2D eigenvalue weighted by molar-refractivity contribution is 0.102. The van der Waals surface area contributed by atoms with E-state index in [1.165, 1.54) is 48.5 Å². The fraction of sp³-hybridized carbons (Fsp3) is 0.231. The minimum Gasteiger partial charge on any atom is -0.496 e. The maximum Gasteiger partial charge on any atom is 0.259 e. The minimum absolute atomic E-state index is 0.0913. The van der Waals surface area contributed by atoms with Gasteiger partial charge < -0.3 is 9.84 Å². The fourth-order valence-corrected chi connectivity index (χ4v) is 7.14. The average Bonchev–Trinajstić information content (AvgIpc) is 3.46. The number of nitrogens with one attached hydrogen (secondary N) is 1. The lowest BCUT2D eigenvalue weighted by Gasteiger charge is -2.14. The van der Waals surface area contributed by atoms with Crippen LogP contribution in [0.1, 0.15) is 33.3 Å². The van der Waals surface area contributed by atoms with Crippen LogP contribution in [-0.2, 0) is 16.3 Å². The lowest BCUT2D eigenvalue weighted by atomic mass is 9.99. The molecule has 0 saturated carbocycles. The van der Waals surface area contributed by atoms with Crippen molar-refractivity contribution in [1.82, 2.24) is 15.2 Å². The van der Waals surface area contributed by atoms with Gasteiger partial charge in [0.15, 0.2) is 14.2 Å². The number of aliphatic hydroxyl groups is 1. The number of nitrogens with zero attached hydrogens (tertiary/aromatic N) is 3. The van der Waals surface area contributed by atoms with Gasteiger partial charge in [-0.25, -0.2) is 8.42 Å². The van der Waals surface area contributed by atoms with Crippen molar-refractivity contribution in [1.29, 1.82) is 0 Å². The first-order chi connectivity index (χ1) is 18.1. The summed E-state index contributed by atoms with van der Waals surface area (Å²) in [6.45, 7) is 1.78. The highest BCUT2D eigenvalue weighted by Gasteiger charge is 2.32. The molecule has 0 unspecified atom stereocenters. The number of carbonyl (C=O) groups excluding carboxylic acids is 1. The summed E-state index contributed by atoms with van der Waals surface area (Å²) in [5.41, 5.74) is 3.85. The molecule has 2 atom stereocenters. The number of aromatic nitrogens is 3. The second kappa shape index (κ2) is 10.4. The number of ether oxygens (including phenoxy) is 1. The number of benzene rings is 2. The number of methoxy groups -OCH3 is 1. The number of sulfone groups is 1. The highest BCUT2D eigenvalue weighted by atomic mass is 32.2. The molecule has 5 rings (SSSR count). The third kappa shape index (κ3) is 5.30. The molecule has 0 aliphatic heterocycles. The van der Waals surface area contributed by atoms with E-state index in [1.807, 2.05) is 24.3 Å². The van der Waals surface area contributed by atoms with E-state index in [1.54, 1.807) is 19.1 Å². The van der Waals surface area contributed by atoms with E-state index in [9.17, 15) is 18.3 Å². The van der Waals surface area contributed by atoms with Crippen LogP contribution < -0.4 is 10.1 Å². The van der Waals surface area contributed by atoms with Gasteiger partial charge in [0.25, 0.3) is 5.91 Å². The average molecular weight is 569 g/mol. The molecule has 1 amide bonds. The topological polar surface area (TPSA) is 131 Å². The number of hydrogen-bond acceptors (Lipinski definition) is 10. The van der Waals surface area contributed by atoms with Gasteiger partial charge in [0, 0.05) is 34.5 Å². The van der Waals surface area contributed by atoms with Crippen LogP contribution in [0.3, 0.4) is 0 Å². The van der Waals surface area contributed by atoms with Gasteiger partial charge in [-0.3, -0.25) is 15.1 Å². The summed E-state index contributed by atoms with van der Waals surface area (Å²) in [6.07, 6.45) is 2.68. The second-order valence-electron chi connectivity index (χ2n) is 8.84. The molecule has 1 aliphatic carbocycles. The van der Waals surface area contributed by atoms with Crippen molar-refractivity contribution in [2.75, 3.05) is 18.7 Å². The number of rotatable bonds is 7. The molecule has 2 heterocycles. The van der Waals surface area contributed by atoms with Crippen LogP contribution in [0.15, 0.2) is 64.0 Å². The highest BCUT2D eigenvalue weighted by Crippen LogP contribution is 2.42. The third-order valence-corrected chi connectivity index (χ3v) is 9.49. The number of pyridine rings is 1. The number of aliphatic hydroxyl groups excluding tert-OH is 1. The van der Waals surface area contributed by atoms with Gasteiger partial charge in [-0.15, -0.1) is 10.2 Å². The molecule has 0 radical (unpaired) electrons. The van der Waals surface area contributed by atoms with Crippen LogP contribution in [0.25, 0.3) is 11.1 Å². The van der Waals surface area contributed by atoms with E-state index in [2.05, 4.69) is 20.5 Å². The third-order valence-electron chi connectivity index (χ3n) is 6.20. The van der Waals surface area contributed by atoms with Gasteiger partial charge in [-0.05, 0) is 48.7 Å². The number of amides is 1. The van der Waals surface area contributed by atoms with Gasteiger partial charge in [0.05, 0.1) is 23.7 Å². The number of carbonyl (C=O) groups is 1. The molecule has 38 heavy (non-hydrogen) atoms. The van der Waals surface area contributed by atoms with Crippen LogP contribution in [0, 0.1) is 6.92 Å². The molecule has 0 spiro atoms. The first-order valence-electron chi connectivity index (χ1n) is 11.6. The Kier molecular flexibility index (Phi) is 7.23. The van der Waals surface area contributed by atoms with E-state index in [4.69, 9.17) is 4.74 Å². The largest absolute Gasteiger partial charge is 0.496 e. The number of thioether (sulfide) groups is 1. The highest BCUT2D eigenvalue weighted by molar-refractivity contribution is 8.01. The van der Waals surface area contributed by atoms with Crippen molar-refractivity contribution in [3.8, 4) is 16.9 Å². The maximum atomic E-state index is 13.3. The maximum absolute atomic E-state index is 13.3. The zero-order valence-electron chi connectivity index (χ0n) is 20.7. The predicted octanol–water partition coefficient (Wildman–Crippen LogP) is 4.32. The Bertz CT molecular complexity index is 1640. The number of aryl methyl sites for hydroxylation is 1. The fourth-order valence-electron chi connectivity index (χ4n) is 4.34. The van der Waals surface area contributed by atoms with Crippen molar-refractivity contribution in [3.63, 3.8) is 0 Å². The summed E-state index contributed by atoms with van der Waals surface area (Å²) in [6, 6.07) is 14.0. The Morgan fingerprint density at radius 3 is 2.68 bits per heavy atom. The predicted molar refractivity (Wildman–Crippen MR) is 147 cm³/mol. The number of anilines is 1. The van der Waals surface area contributed by atoms with E-state index >= 15 is 0 Å². The smallest absolute Gasteiger partial charge is 0.259 e. The lowest BCUT2D eigenvalue weighted by Crippen LogP contribution is -2.14. The van der Waals surface area contributed by atoms with Gasteiger partial charge in [0.2, 0.25) is 5.13 Å². The standard InChI is InChI=1S/C26H24N4O5S3/c1-14-10-18(19-12-16(38(3,33)34)8-9-21(19)35-2)20(13-27-14)24(32)28-25-29-30-26(37-25)36-22-11-15-6-4-5-7-17(15)23(22)31/h4-10,12-13,22-23,31H,11H2,1-3H3,(H,28,29,32)/t22-,23-/m1/s1. The number of hydrogen-bond donors (Lipinski definition) is 2. The summed E-state index contributed by atoms with van der Waals surface area (Å²) in [5, 5.41) is 22.0. The number of fused-ring (bicyclic) bond motifs is 1. The molecule has 196 valence electrons. The molecular weight excluding hydrogens is 545 g/mol. The molecule has 1 aliphatic rings. The van der Waals surface area contributed by atoms with Crippen LogP contribution in [0.4, 0.5) is 5.13 Å². The van der Waals surface area contributed by atoms with E-state index in [0.29, 0.717) is 32.0 Å². The van der Waals surface area contributed by atoms with E-state index in [-0.39, 0.29) is 15.7 Å². The SMILES string of the molecule is COc1ccc(S(C)(=O)=O)cc1-c1cc(C)ncc1C(=O)Nc1nnc(S[C@@H]2Cc3ccccc3[C@H]2O)s1. The second-order valence-corrected chi connectivity index (χ2v) is 13.3. The van der Waals surface area contributed by atoms with Crippen LogP contribution in [-0.4, -0.2) is 53.2 Å². The molecule has 0 bridgehead atoms. The van der Waals surface area contributed by atoms with Crippen molar-refractivity contribution >= 4 is 44.0 Å². The first kappa shape index (κ1) is 26.3. The molecule has 0 fully saturated rings. The summed E-state index contributed by atoms with van der Waals surface area (Å²) in [4.78, 5) is 17.7. The quantitative estimate of drug-likeness (QED) is 0.313. The summed E-state index contributed by atoms with van der Waals surface area (Å²) in [5.74, 6) is -0.0527. The molecule has 2 N–H and O–H groups in total. The van der Waals surface area contributed by atoms with Gasteiger partial charge in [-0.2, -0.15) is 0 Å². The summed E-state index contributed by atoms with van der Waals surface area (Å²) in [7, 11) is -2.01. The molecule has 0 saturated heterocycles. The molecule has 9 nitrogen and oxygen atoms in total. The normalized spacial score (nSPS) is 16.7. The van der Waals surface area contributed by atoms with Crippen molar-refractivity contribution in [2.24, 2.45) is 0 Å². The molecule has 12 heteroatoms. The van der Waals surface area contributed by atoms with Gasteiger partial charge in [0.1, 0.15) is 5.75 Å². The summed E-state index contributed by atoms with van der Waals surface area (Å²) < 4.78 is 30.5. The van der Waals surface area contributed by atoms with Crippen molar-refractivity contribution in [2.45, 2.75) is 33.9 Å². The first-order valence-corrected chi connectivity index (χ1v) is 15.2. The molecule has 2 aromatic heterocycles. The minimum atomic E-state index is -3.49. The Morgan fingerprint density at radius 1 is 1.16 bits per heavy atom. The van der Waals surface area contributed by atoms with E-state index in [0.717, 1.165) is 23.8 Å². The Hall–Kier alpha value is -3.32.